The van der Waals surface area contributed by atoms with Gasteiger partial charge in [-0.25, -0.2) is 0 Å². The maximum absolute atomic E-state index is 12.2. The van der Waals surface area contributed by atoms with Gasteiger partial charge in [0.1, 0.15) is 6.10 Å². The molecule has 6 nitrogen and oxygen atoms in total. The molecule has 0 radical (unpaired) electrons. The fourth-order valence-corrected chi connectivity index (χ4v) is 2.97. The third-order valence-corrected chi connectivity index (χ3v) is 4.38. The Morgan fingerprint density at radius 2 is 2.20 bits per heavy atom. The van der Waals surface area contributed by atoms with E-state index in [1.807, 2.05) is 36.5 Å². The third kappa shape index (κ3) is 5.69. The van der Waals surface area contributed by atoms with Gasteiger partial charge in [-0.2, -0.15) is 5.10 Å². The molecule has 2 atom stereocenters. The van der Waals surface area contributed by atoms with Crippen LogP contribution in [0, 0.1) is 0 Å². The van der Waals surface area contributed by atoms with Gasteiger partial charge in [-0.3, -0.25) is 9.89 Å². The van der Waals surface area contributed by atoms with E-state index in [1.54, 1.807) is 6.20 Å². The lowest BCUT2D eigenvalue weighted by Crippen LogP contribution is -2.49. The van der Waals surface area contributed by atoms with E-state index in [-0.39, 0.29) is 18.1 Å². The lowest BCUT2D eigenvalue weighted by atomic mass is 10.0. The highest BCUT2D eigenvalue weighted by Crippen LogP contribution is 2.14. The number of aromatic amines is 1. The summed E-state index contributed by atoms with van der Waals surface area (Å²) < 4.78 is 11.5. The average molecular weight is 343 g/mol. The monoisotopic (exact) mass is 343 g/mol. The Morgan fingerprint density at radius 1 is 1.32 bits per heavy atom. The Kier molecular flexibility index (Phi) is 6.59. The molecule has 0 unspecified atom stereocenters. The molecule has 0 aliphatic carbocycles. The zero-order chi connectivity index (χ0) is 17.3. The highest BCUT2D eigenvalue weighted by atomic mass is 16.5. The molecule has 1 aliphatic heterocycles. The van der Waals surface area contributed by atoms with Crippen LogP contribution >= 0.6 is 0 Å². The summed E-state index contributed by atoms with van der Waals surface area (Å²) in [6.45, 7) is 1.71. The largest absolute Gasteiger partial charge is 0.379 e. The summed E-state index contributed by atoms with van der Waals surface area (Å²) in [5, 5.41) is 9.82. The normalized spacial score (nSPS) is 20.3. The van der Waals surface area contributed by atoms with Crippen LogP contribution in [0.3, 0.4) is 0 Å². The Labute approximate surface area is 147 Å². The maximum atomic E-state index is 12.2. The summed E-state index contributed by atoms with van der Waals surface area (Å²) in [5.74, 6) is 0.0729. The van der Waals surface area contributed by atoms with Gasteiger partial charge in [0.2, 0.25) is 5.91 Å². The summed E-state index contributed by atoms with van der Waals surface area (Å²) in [5.41, 5.74) is 2.25. The van der Waals surface area contributed by atoms with Crippen LogP contribution in [0.5, 0.6) is 0 Å². The first-order chi connectivity index (χ1) is 12.3. The van der Waals surface area contributed by atoms with Crippen LogP contribution in [0.2, 0.25) is 0 Å². The third-order valence-electron chi connectivity index (χ3n) is 4.38. The van der Waals surface area contributed by atoms with Gasteiger partial charge in [0, 0.05) is 19.2 Å². The number of carbonyl (C=O) groups is 1. The molecule has 2 heterocycles. The summed E-state index contributed by atoms with van der Waals surface area (Å²) in [7, 11) is 0. The second kappa shape index (κ2) is 9.34. The van der Waals surface area contributed by atoms with E-state index >= 15 is 0 Å². The number of hydrogen-bond donors (Lipinski definition) is 2. The van der Waals surface area contributed by atoms with E-state index in [2.05, 4.69) is 15.5 Å². The number of aryl methyl sites for hydroxylation is 1. The minimum atomic E-state index is -0.105. The van der Waals surface area contributed by atoms with Gasteiger partial charge in [0.15, 0.2) is 0 Å². The first-order valence-electron chi connectivity index (χ1n) is 8.81. The molecule has 0 saturated carbocycles. The fourth-order valence-electron chi connectivity index (χ4n) is 2.97. The smallest absolute Gasteiger partial charge is 0.220 e. The molecule has 134 valence electrons. The molecule has 1 amide bonds. The Hall–Kier alpha value is -2.18. The van der Waals surface area contributed by atoms with Gasteiger partial charge in [-0.15, -0.1) is 0 Å². The minimum Gasteiger partial charge on any atom is -0.379 e. The minimum absolute atomic E-state index is 0.0129. The summed E-state index contributed by atoms with van der Waals surface area (Å²) >= 11 is 0. The number of aromatic nitrogens is 2. The van der Waals surface area contributed by atoms with Crippen LogP contribution in [0.1, 0.15) is 30.4 Å². The predicted molar refractivity (Wildman–Crippen MR) is 93.9 cm³/mol. The molecule has 0 spiro atoms. The van der Waals surface area contributed by atoms with Gasteiger partial charge >= 0.3 is 0 Å². The van der Waals surface area contributed by atoms with Gasteiger partial charge < -0.3 is 14.8 Å². The van der Waals surface area contributed by atoms with Crippen LogP contribution in [-0.4, -0.2) is 41.5 Å². The predicted octanol–water partition coefficient (Wildman–Crippen LogP) is 2.22. The first-order valence-corrected chi connectivity index (χ1v) is 8.81. The zero-order valence-electron chi connectivity index (χ0n) is 14.3. The Morgan fingerprint density at radius 3 is 3.00 bits per heavy atom. The maximum Gasteiger partial charge on any atom is 0.220 e. The average Bonchev–Trinajstić information content (AvgIpc) is 3.15. The lowest BCUT2D eigenvalue weighted by Gasteiger charge is -2.32. The van der Waals surface area contributed by atoms with E-state index in [9.17, 15) is 4.79 Å². The number of benzene rings is 1. The molecular formula is C19H25N3O3. The number of ether oxygens (including phenoxy) is 2. The van der Waals surface area contributed by atoms with E-state index in [1.165, 1.54) is 0 Å². The second-order valence-electron chi connectivity index (χ2n) is 6.33. The highest BCUT2D eigenvalue weighted by molar-refractivity contribution is 5.76. The van der Waals surface area contributed by atoms with Crippen molar-refractivity contribution < 1.29 is 14.3 Å². The Balaban J connectivity index is 1.42. The van der Waals surface area contributed by atoms with E-state index < -0.39 is 0 Å². The molecule has 25 heavy (non-hydrogen) atoms. The second-order valence-corrected chi connectivity index (χ2v) is 6.33. The molecule has 2 N–H and O–H groups in total. The molecule has 1 fully saturated rings. The summed E-state index contributed by atoms with van der Waals surface area (Å²) in [6, 6.07) is 10.1. The van der Waals surface area contributed by atoms with Crippen molar-refractivity contribution in [2.75, 3.05) is 13.2 Å². The number of hydrogen-bond acceptors (Lipinski definition) is 4. The molecule has 1 aliphatic rings. The van der Waals surface area contributed by atoms with Gasteiger partial charge in [-0.05, 0) is 30.4 Å². The van der Waals surface area contributed by atoms with Gasteiger partial charge in [-0.1, -0.05) is 30.3 Å². The number of nitrogens with one attached hydrogen (secondary N) is 2. The molecule has 2 aromatic rings. The fraction of sp³-hybridized carbons (Fsp3) is 0.474. The van der Waals surface area contributed by atoms with Crippen molar-refractivity contribution in [3.63, 3.8) is 0 Å². The quantitative estimate of drug-likeness (QED) is 0.771. The van der Waals surface area contributed by atoms with Crippen LogP contribution in [0.25, 0.3) is 0 Å². The molecule has 6 heteroatoms. The number of carbonyl (C=O) groups excluding carboxylic acids is 1. The number of nitrogens with zero attached hydrogens (tertiary/aromatic N) is 1. The van der Waals surface area contributed by atoms with Crippen molar-refractivity contribution in [2.24, 2.45) is 0 Å². The molecular weight excluding hydrogens is 318 g/mol. The molecule has 1 aromatic carbocycles. The SMILES string of the molecule is O=C(CCCc1cn[nH]c1)N[C@@H]1CCOC[C@H]1OCc1ccccc1. The van der Waals surface area contributed by atoms with Crippen LogP contribution in [-0.2, 0) is 27.3 Å². The first kappa shape index (κ1) is 17.6. The standard InChI is InChI=1S/C19H25N3O3/c23-19(8-4-7-16-11-20-21-12-16)22-17-9-10-24-14-18(17)25-13-15-5-2-1-3-6-15/h1-3,5-6,11-12,17-18H,4,7-10,13-14H2,(H,20,21)(H,22,23)/t17-,18-/m1/s1. The topological polar surface area (TPSA) is 76.2 Å². The Bertz CT molecular complexity index is 631. The number of H-pyrrole nitrogens is 1. The van der Waals surface area contributed by atoms with Crippen LogP contribution in [0.15, 0.2) is 42.7 Å². The van der Waals surface area contributed by atoms with Crippen molar-refractivity contribution >= 4 is 5.91 Å². The van der Waals surface area contributed by atoms with Crippen LogP contribution in [0.4, 0.5) is 0 Å². The number of amides is 1. The van der Waals surface area contributed by atoms with Crippen molar-refractivity contribution in [2.45, 2.75) is 44.4 Å². The summed E-state index contributed by atoms with van der Waals surface area (Å²) in [6.07, 6.45) is 6.51. The summed E-state index contributed by atoms with van der Waals surface area (Å²) in [4.78, 5) is 12.2. The van der Waals surface area contributed by atoms with Gasteiger partial charge in [0.25, 0.3) is 0 Å². The molecule has 0 bridgehead atoms. The number of rotatable bonds is 8. The zero-order valence-corrected chi connectivity index (χ0v) is 14.3. The van der Waals surface area contributed by atoms with E-state index in [4.69, 9.17) is 9.47 Å². The van der Waals surface area contributed by atoms with Crippen molar-refractivity contribution in [1.82, 2.24) is 15.5 Å². The highest BCUT2D eigenvalue weighted by Gasteiger charge is 2.27. The van der Waals surface area contributed by atoms with Crippen molar-refractivity contribution in [3.8, 4) is 0 Å². The van der Waals surface area contributed by atoms with E-state index in [0.29, 0.717) is 26.2 Å². The van der Waals surface area contributed by atoms with Gasteiger partial charge in [0.05, 0.1) is 25.5 Å². The van der Waals surface area contributed by atoms with Crippen molar-refractivity contribution in [1.29, 1.82) is 0 Å². The lowest BCUT2D eigenvalue weighted by molar-refractivity contribution is -0.126. The molecule has 1 aromatic heterocycles. The van der Waals surface area contributed by atoms with E-state index in [0.717, 1.165) is 30.4 Å². The van der Waals surface area contributed by atoms with Crippen molar-refractivity contribution in [3.05, 3.63) is 53.9 Å². The van der Waals surface area contributed by atoms with Crippen LogP contribution < -0.4 is 5.32 Å². The molecule has 1 saturated heterocycles. The molecule has 3 rings (SSSR count).